The number of anilines is 1. The molecule has 0 heterocycles. The van der Waals surface area contributed by atoms with Crippen molar-refractivity contribution in [3.05, 3.63) is 23.8 Å². The zero-order valence-corrected chi connectivity index (χ0v) is 13.9. The molecule has 6 nitrogen and oxygen atoms in total. The minimum atomic E-state index is -3.84. The minimum absolute atomic E-state index is 0.0328. The first kappa shape index (κ1) is 17.8. The molecule has 0 spiro atoms. The number of thioether (sulfide) groups is 1. The molecule has 1 aromatic carbocycles. The van der Waals surface area contributed by atoms with Crippen LogP contribution in [0.2, 0.25) is 0 Å². The third-order valence-electron chi connectivity index (χ3n) is 2.63. The number of rotatable bonds is 7. The summed E-state index contributed by atoms with van der Waals surface area (Å²) in [4.78, 5) is 11.5. The average Bonchev–Trinajstić information content (AvgIpc) is 2.43. The molecule has 0 amide bonds. The minimum Gasteiger partial charge on any atom is -0.465 e. The number of nitrogen functional groups attached to an aromatic ring is 1. The summed E-state index contributed by atoms with van der Waals surface area (Å²) in [6.07, 6.45) is 0. The Kier molecular flexibility index (Phi) is 6.50. The largest absolute Gasteiger partial charge is 0.465 e. The van der Waals surface area contributed by atoms with Crippen LogP contribution in [0, 0.1) is 0 Å². The number of methoxy groups -OCH3 is 1. The summed E-state index contributed by atoms with van der Waals surface area (Å²) in [5.74, 6) is 0.828. The van der Waals surface area contributed by atoms with Gasteiger partial charge in [-0.05, 0) is 30.9 Å². The Morgan fingerprint density at radius 1 is 1.48 bits per heavy atom. The molecule has 0 aliphatic rings. The lowest BCUT2D eigenvalue weighted by atomic mass is 10.2. The van der Waals surface area contributed by atoms with Gasteiger partial charge in [0.15, 0.2) is 0 Å². The van der Waals surface area contributed by atoms with E-state index in [0.717, 1.165) is 5.75 Å². The fourth-order valence-electron chi connectivity index (χ4n) is 1.70. The summed E-state index contributed by atoms with van der Waals surface area (Å²) >= 11 is 1.63. The van der Waals surface area contributed by atoms with Gasteiger partial charge in [-0.1, -0.05) is 6.92 Å². The number of carbonyl (C=O) groups excluding carboxylic acids is 1. The Hall–Kier alpha value is -1.25. The molecule has 1 atom stereocenters. The first-order valence-corrected chi connectivity index (χ1v) is 9.03. The van der Waals surface area contributed by atoms with Gasteiger partial charge in [-0.15, -0.1) is 0 Å². The van der Waals surface area contributed by atoms with Crippen LogP contribution in [0.1, 0.15) is 24.2 Å². The lowest BCUT2D eigenvalue weighted by Crippen LogP contribution is -2.35. The molecule has 1 unspecified atom stereocenters. The van der Waals surface area contributed by atoms with Crippen LogP contribution in [0.3, 0.4) is 0 Å². The summed E-state index contributed by atoms with van der Waals surface area (Å²) in [7, 11) is -2.64. The SMILES string of the molecule is CCSCC(C)NS(=O)(=O)c1cc(N)ccc1C(=O)OC. The van der Waals surface area contributed by atoms with Gasteiger partial charge in [0, 0.05) is 17.5 Å². The van der Waals surface area contributed by atoms with Crippen molar-refractivity contribution in [1.82, 2.24) is 4.72 Å². The average molecular weight is 332 g/mol. The fraction of sp³-hybridized carbons (Fsp3) is 0.462. The molecule has 0 aliphatic heterocycles. The number of hydrogen-bond donors (Lipinski definition) is 2. The highest BCUT2D eigenvalue weighted by molar-refractivity contribution is 7.99. The molecule has 0 bridgehead atoms. The van der Waals surface area contributed by atoms with Gasteiger partial charge in [0.2, 0.25) is 10.0 Å². The number of carbonyl (C=O) groups is 1. The van der Waals surface area contributed by atoms with Crippen LogP contribution in [0.5, 0.6) is 0 Å². The number of ether oxygens (including phenoxy) is 1. The Labute approximate surface area is 129 Å². The number of hydrogen-bond acceptors (Lipinski definition) is 6. The molecule has 0 fully saturated rings. The van der Waals surface area contributed by atoms with E-state index in [0.29, 0.717) is 5.75 Å². The molecule has 0 aliphatic carbocycles. The molecule has 3 N–H and O–H groups in total. The van der Waals surface area contributed by atoms with E-state index >= 15 is 0 Å². The van der Waals surface area contributed by atoms with Crippen molar-refractivity contribution in [1.29, 1.82) is 0 Å². The number of sulfonamides is 1. The van der Waals surface area contributed by atoms with Gasteiger partial charge in [-0.3, -0.25) is 0 Å². The Morgan fingerprint density at radius 3 is 2.71 bits per heavy atom. The third-order valence-corrected chi connectivity index (χ3v) is 5.40. The van der Waals surface area contributed by atoms with E-state index in [1.54, 1.807) is 18.7 Å². The van der Waals surface area contributed by atoms with Crippen LogP contribution in [-0.2, 0) is 14.8 Å². The quantitative estimate of drug-likeness (QED) is 0.579. The second-order valence-electron chi connectivity index (χ2n) is 4.43. The number of esters is 1. The summed E-state index contributed by atoms with van der Waals surface area (Å²) < 4.78 is 32.0. The van der Waals surface area contributed by atoms with E-state index in [1.807, 2.05) is 6.92 Å². The Bertz CT molecular complexity index is 602. The summed E-state index contributed by atoms with van der Waals surface area (Å²) in [6.45, 7) is 3.77. The first-order chi connectivity index (χ1) is 9.81. The normalized spacial score (nSPS) is 12.9. The van der Waals surface area contributed by atoms with E-state index in [1.165, 1.54) is 25.3 Å². The van der Waals surface area contributed by atoms with Crippen molar-refractivity contribution >= 4 is 33.4 Å². The van der Waals surface area contributed by atoms with E-state index in [4.69, 9.17) is 5.73 Å². The highest BCUT2D eigenvalue weighted by atomic mass is 32.2. The van der Waals surface area contributed by atoms with Crippen LogP contribution in [0.15, 0.2) is 23.1 Å². The molecule has 1 rings (SSSR count). The monoisotopic (exact) mass is 332 g/mol. The molecule has 118 valence electrons. The second kappa shape index (κ2) is 7.67. The zero-order valence-electron chi connectivity index (χ0n) is 12.3. The first-order valence-electron chi connectivity index (χ1n) is 6.39. The molecular formula is C13H20N2O4S2. The van der Waals surface area contributed by atoms with E-state index in [9.17, 15) is 13.2 Å². The van der Waals surface area contributed by atoms with Crippen LogP contribution in [0.25, 0.3) is 0 Å². The van der Waals surface area contributed by atoms with Gasteiger partial charge in [0.25, 0.3) is 0 Å². The predicted octanol–water partition coefficient (Wildman–Crippen LogP) is 1.48. The van der Waals surface area contributed by atoms with Crippen molar-refractivity contribution in [3.63, 3.8) is 0 Å². The van der Waals surface area contributed by atoms with Crippen molar-refractivity contribution < 1.29 is 17.9 Å². The zero-order chi connectivity index (χ0) is 16.0. The summed E-state index contributed by atoms with van der Waals surface area (Å²) in [5.41, 5.74) is 5.86. The van der Waals surface area contributed by atoms with Crippen LogP contribution < -0.4 is 10.5 Å². The number of nitrogens with two attached hydrogens (primary N) is 1. The van der Waals surface area contributed by atoms with Crippen molar-refractivity contribution in [2.75, 3.05) is 24.3 Å². The highest BCUT2D eigenvalue weighted by Crippen LogP contribution is 2.20. The third kappa shape index (κ3) is 4.90. The van der Waals surface area contributed by atoms with E-state index in [2.05, 4.69) is 9.46 Å². The molecule has 0 radical (unpaired) electrons. The molecular weight excluding hydrogens is 312 g/mol. The van der Waals surface area contributed by atoms with Gasteiger partial charge in [-0.25, -0.2) is 17.9 Å². The molecule has 0 aromatic heterocycles. The van der Waals surface area contributed by atoms with E-state index < -0.39 is 16.0 Å². The van der Waals surface area contributed by atoms with Gasteiger partial charge < -0.3 is 10.5 Å². The van der Waals surface area contributed by atoms with Crippen molar-refractivity contribution in [2.45, 2.75) is 24.8 Å². The Morgan fingerprint density at radius 2 is 2.14 bits per heavy atom. The number of nitrogens with one attached hydrogen (secondary N) is 1. The van der Waals surface area contributed by atoms with Gasteiger partial charge in [0.1, 0.15) is 0 Å². The second-order valence-corrected chi connectivity index (χ2v) is 7.43. The van der Waals surface area contributed by atoms with Crippen LogP contribution >= 0.6 is 11.8 Å². The fourth-order valence-corrected chi connectivity index (χ4v) is 3.95. The summed E-state index contributed by atoms with van der Waals surface area (Å²) in [6, 6.07) is 3.81. The Balaban J connectivity index is 3.12. The van der Waals surface area contributed by atoms with Crippen molar-refractivity contribution in [2.24, 2.45) is 0 Å². The predicted molar refractivity (Wildman–Crippen MR) is 85.0 cm³/mol. The lowest BCUT2D eigenvalue weighted by Gasteiger charge is -2.15. The molecule has 21 heavy (non-hydrogen) atoms. The molecule has 8 heteroatoms. The van der Waals surface area contributed by atoms with Crippen LogP contribution in [-0.4, -0.2) is 39.0 Å². The lowest BCUT2D eigenvalue weighted by molar-refractivity contribution is 0.0596. The van der Waals surface area contributed by atoms with Gasteiger partial charge in [-0.2, -0.15) is 11.8 Å². The molecule has 0 saturated carbocycles. The van der Waals surface area contributed by atoms with Gasteiger partial charge >= 0.3 is 5.97 Å². The van der Waals surface area contributed by atoms with Crippen molar-refractivity contribution in [3.8, 4) is 0 Å². The standard InChI is InChI=1S/C13H20N2O4S2/c1-4-20-8-9(2)15-21(17,18)12-7-10(14)5-6-11(12)13(16)19-3/h5-7,9,15H,4,8,14H2,1-3H3. The highest BCUT2D eigenvalue weighted by Gasteiger charge is 2.24. The number of benzene rings is 1. The molecule has 1 aromatic rings. The van der Waals surface area contributed by atoms with E-state index in [-0.39, 0.29) is 22.2 Å². The molecule has 0 saturated heterocycles. The maximum atomic E-state index is 12.4. The summed E-state index contributed by atoms with van der Waals surface area (Å²) in [5, 5.41) is 0. The van der Waals surface area contributed by atoms with Gasteiger partial charge in [0.05, 0.1) is 17.6 Å². The smallest absolute Gasteiger partial charge is 0.339 e. The van der Waals surface area contributed by atoms with Crippen LogP contribution in [0.4, 0.5) is 5.69 Å². The maximum absolute atomic E-state index is 12.4. The maximum Gasteiger partial charge on any atom is 0.339 e. The topological polar surface area (TPSA) is 98.5 Å².